The van der Waals surface area contributed by atoms with Crippen molar-refractivity contribution in [3.05, 3.63) is 40.9 Å². The molecule has 1 aromatic heterocycles. The van der Waals surface area contributed by atoms with Gasteiger partial charge in [0.2, 0.25) is 5.13 Å². The summed E-state index contributed by atoms with van der Waals surface area (Å²) < 4.78 is 10.5. The predicted octanol–water partition coefficient (Wildman–Crippen LogP) is 3.77. The van der Waals surface area contributed by atoms with Crippen molar-refractivity contribution in [2.24, 2.45) is 5.10 Å². The van der Waals surface area contributed by atoms with Gasteiger partial charge in [-0.15, -0.1) is 11.3 Å². The molecule has 0 atom stereocenters. The number of thiazole rings is 1. The minimum Gasteiger partial charge on any atom is -0.494 e. The highest BCUT2D eigenvalue weighted by Crippen LogP contribution is 2.16. The van der Waals surface area contributed by atoms with E-state index in [2.05, 4.69) is 21.6 Å². The Morgan fingerprint density at radius 2 is 2.19 bits per heavy atom. The number of hydrazone groups is 1. The Kier molecular flexibility index (Phi) is 8.80. The summed E-state index contributed by atoms with van der Waals surface area (Å²) in [6.07, 6.45) is 4.13. The minimum atomic E-state index is -0.287. The van der Waals surface area contributed by atoms with Gasteiger partial charge in [0.05, 0.1) is 37.6 Å². The SMILES string of the molecule is CCOC(=O)Cc1csc(NN=Cc2ccc(OCCCCC#N)cc2)n1. The quantitative estimate of drug-likeness (QED) is 0.273. The first-order valence-electron chi connectivity index (χ1n) is 8.70. The average molecular weight is 386 g/mol. The molecule has 2 aromatic rings. The van der Waals surface area contributed by atoms with Crippen LogP contribution in [-0.2, 0) is 16.0 Å². The summed E-state index contributed by atoms with van der Waals surface area (Å²) in [5.41, 5.74) is 4.43. The number of nitrogens with zero attached hydrogens (tertiary/aromatic N) is 3. The van der Waals surface area contributed by atoms with Crippen LogP contribution in [0.3, 0.4) is 0 Å². The smallest absolute Gasteiger partial charge is 0.311 e. The van der Waals surface area contributed by atoms with Crippen molar-refractivity contribution in [1.29, 1.82) is 5.26 Å². The molecule has 1 aromatic carbocycles. The summed E-state index contributed by atoms with van der Waals surface area (Å²) in [6, 6.07) is 9.70. The predicted molar refractivity (Wildman–Crippen MR) is 105 cm³/mol. The Balaban J connectivity index is 1.75. The number of hydrogen-bond donors (Lipinski definition) is 1. The van der Waals surface area contributed by atoms with Crippen molar-refractivity contribution in [3.63, 3.8) is 0 Å². The molecule has 8 heteroatoms. The molecular weight excluding hydrogens is 364 g/mol. The number of nitrogens with one attached hydrogen (secondary N) is 1. The maximum atomic E-state index is 11.4. The van der Waals surface area contributed by atoms with Crippen LogP contribution in [0.4, 0.5) is 5.13 Å². The molecule has 0 radical (unpaired) electrons. The van der Waals surface area contributed by atoms with Gasteiger partial charge in [-0.1, -0.05) is 0 Å². The summed E-state index contributed by atoms with van der Waals surface area (Å²) in [7, 11) is 0. The summed E-state index contributed by atoms with van der Waals surface area (Å²) in [5.74, 6) is 0.505. The van der Waals surface area contributed by atoms with Crippen LogP contribution >= 0.6 is 11.3 Å². The lowest BCUT2D eigenvalue weighted by Crippen LogP contribution is -2.07. The third kappa shape index (κ3) is 7.88. The van der Waals surface area contributed by atoms with Crippen LogP contribution < -0.4 is 10.2 Å². The number of carbonyl (C=O) groups excluding carboxylic acids is 1. The standard InChI is InChI=1S/C19H22N4O3S/c1-2-25-18(24)12-16-14-27-19(22-16)23-21-13-15-6-8-17(9-7-15)26-11-5-3-4-10-20/h6-9,13-14H,2-5,11-12H2,1H3,(H,22,23). The van der Waals surface area contributed by atoms with Crippen molar-refractivity contribution in [2.45, 2.75) is 32.6 Å². The first-order valence-corrected chi connectivity index (χ1v) is 9.58. The van der Waals surface area contributed by atoms with Crippen LogP contribution in [0.25, 0.3) is 0 Å². The van der Waals surface area contributed by atoms with E-state index in [4.69, 9.17) is 14.7 Å². The molecule has 1 N–H and O–H groups in total. The number of ether oxygens (including phenoxy) is 2. The molecule has 0 fully saturated rings. The van der Waals surface area contributed by atoms with Gasteiger partial charge in [-0.2, -0.15) is 10.4 Å². The normalized spacial score (nSPS) is 10.5. The van der Waals surface area contributed by atoms with Gasteiger partial charge < -0.3 is 9.47 Å². The van der Waals surface area contributed by atoms with Crippen LogP contribution in [0, 0.1) is 11.3 Å². The van der Waals surface area contributed by atoms with E-state index in [9.17, 15) is 4.79 Å². The lowest BCUT2D eigenvalue weighted by atomic mass is 10.2. The molecule has 0 unspecified atom stereocenters. The van der Waals surface area contributed by atoms with Crippen molar-refractivity contribution in [1.82, 2.24) is 4.98 Å². The third-order valence-corrected chi connectivity index (χ3v) is 4.18. The Hall–Kier alpha value is -2.92. The lowest BCUT2D eigenvalue weighted by molar-refractivity contribution is -0.142. The first-order chi connectivity index (χ1) is 13.2. The molecule has 7 nitrogen and oxygen atoms in total. The Morgan fingerprint density at radius 3 is 2.93 bits per heavy atom. The third-order valence-electron chi connectivity index (χ3n) is 3.39. The molecule has 142 valence electrons. The van der Waals surface area contributed by atoms with Gasteiger partial charge in [-0.05, 0) is 49.6 Å². The fraction of sp³-hybridized carbons (Fsp3) is 0.368. The average Bonchev–Trinajstić information content (AvgIpc) is 3.10. The maximum absolute atomic E-state index is 11.4. The monoisotopic (exact) mass is 386 g/mol. The van der Waals surface area contributed by atoms with E-state index in [0.717, 1.165) is 24.2 Å². The second-order valence-electron chi connectivity index (χ2n) is 5.53. The first kappa shape index (κ1) is 20.4. The molecule has 27 heavy (non-hydrogen) atoms. The van der Waals surface area contributed by atoms with Crippen LogP contribution in [0.2, 0.25) is 0 Å². The largest absolute Gasteiger partial charge is 0.494 e. The summed E-state index contributed by atoms with van der Waals surface area (Å²) >= 11 is 1.38. The number of aromatic nitrogens is 1. The van der Waals surface area contributed by atoms with E-state index < -0.39 is 0 Å². The Morgan fingerprint density at radius 1 is 1.37 bits per heavy atom. The van der Waals surface area contributed by atoms with Gasteiger partial charge in [-0.25, -0.2) is 4.98 Å². The molecule has 0 spiro atoms. The van der Waals surface area contributed by atoms with E-state index in [1.165, 1.54) is 11.3 Å². The fourth-order valence-corrected chi connectivity index (χ4v) is 2.77. The highest BCUT2D eigenvalue weighted by atomic mass is 32.1. The molecule has 0 amide bonds. The van der Waals surface area contributed by atoms with Gasteiger partial charge in [0.25, 0.3) is 0 Å². The van der Waals surface area contributed by atoms with Crippen molar-refractivity contribution in [2.75, 3.05) is 18.6 Å². The van der Waals surface area contributed by atoms with E-state index >= 15 is 0 Å². The topological polar surface area (TPSA) is 96.6 Å². The number of benzene rings is 1. The number of anilines is 1. The number of unbranched alkanes of at least 4 members (excludes halogenated alkanes) is 2. The van der Waals surface area contributed by atoms with Gasteiger partial charge in [-0.3, -0.25) is 10.2 Å². The molecule has 1 heterocycles. The molecular formula is C19H22N4O3S. The molecule has 0 aliphatic carbocycles. The Bertz CT molecular complexity index is 781. The van der Waals surface area contributed by atoms with Crippen LogP contribution in [-0.4, -0.2) is 30.4 Å². The molecule has 2 rings (SSSR count). The van der Waals surface area contributed by atoms with Crippen molar-refractivity contribution >= 4 is 28.7 Å². The summed E-state index contributed by atoms with van der Waals surface area (Å²) in [5, 5.41) is 15.1. The number of esters is 1. The zero-order chi connectivity index (χ0) is 19.3. The second kappa shape index (κ2) is 11.6. The maximum Gasteiger partial charge on any atom is 0.311 e. The van der Waals surface area contributed by atoms with Crippen LogP contribution in [0.1, 0.15) is 37.4 Å². The molecule has 0 aliphatic heterocycles. The number of rotatable bonds is 11. The van der Waals surface area contributed by atoms with E-state index in [1.54, 1.807) is 18.5 Å². The summed E-state index contributed by atoms with van der Waals surface area (Å²) in [4.78, 5) is 15.7. The van der Waals surface area contributed by atoms with Crippen LogP contribution in [0.15, 0.2) is 34.7 Å². The van der Waals surface area contributed by atoms with Gasteiger partial charge in [0, 0.05) is 11.8 Å². The van der Waals surface area contributed by atoms with Crippen LogP contribution in [0.5, 0.6) is 5.75 Å². The molecule has 0 bridgehead atoms. The zero-order valence-corrected chi connectivity index (χ0v) is 16.0. The highest BCUT2D eigenvalue weighted by molar-refractivity contribution is 7.13. The zero-order valence-electron chi connectivity index (χ0n) is 15.2. The lowest BCUT2D eigenvalue weighted by Gasteiger charge is -2.05. The molecule has 0 aliphatic rings. The van der Waals surface area contributed by atoms with E-state index in [0.29, 0.717) is 30.5 Å². The Labute approximate surface area is 162 Å². The van der Waals surface area contributed by atoms with Gasteiger partial charge in [0.15, 0.2) is 0 Å². The molecule has 0 saturated heterocycles. The van der Waals surface area contributed by atoms with Crippen molar-refractivity contribution in [3.8, 4) is 11.8 Å². The summed E-state index contributed by atoms with van der Waals surface area (Å²) in [6.45, 7) is 2.74. The van der Waals surface area contributed by atoms with E-state index in [-0.39, 0.29) is 12.4 Å². The van der Waals surface area contributed by atoms with Gasteiger partial charge in [0.1, 0.15) is 5.75 Å². The number of nitriles is 1. The number of carbonyl (C=O) groups is 1. The molecule has 0 saturated carbocycles. The van der Waals surface area contributed by atoms with Gasteiger partial charge >= 0.3 is 5.97 Å². The highest BCUT2D eigenvalue weighted by Gasteiger charge is 2.07. The fourth-order valence-electron chi connectivity index (χ4n) is 2.11. The minimum absolute atomic E-state index is 0.160. The van der Waals surface area contributed by atoms with Crippen molar-refractivity contribution < 1.29 is 14.3 Å². The number of hydrogen-bond acceptors (Lipinski definition) is 8. The van der Waals surface area contributed by atoms with E-state index in [1.807, 2.05) is 24.3 Å². The second-order valence-corrected chi connectivity index (χ2v) is 6.39.